The van der Waals surface area contributed by atoms with E-state index < -0.39 is 0 Å². The van der Waals surface area contributed by atoms with Crippen LogP contribution in [0.4, 0.5) is 0 Å². The summed E-state index contributed by atoms with van der Waals surface area (Å²) < 4.78 is 5.50. The van der Waals surface area contributed by atoms with E-state index in [2.05, 4.69) is 17.1 Å². The molecule has 0 aliphatic rings. The van der Waals surface area contributed by atoms with Gasteiger partial charge in [0.1, 0.15) is 0 Å². The molecule has 0 N–H and O–H groups in total. The number of benzene rings is 1. The lowest BCUT2D eigenvalue weighted by Gasteiger charge is -2.05. The average Bonchev–Trinajstić information content (AvgIpc) is 2.45. The standard InChI is InChI=1S/C15H15NO2/c17-12-14-8-9-15(16-11-14)18-10-4-7-13-5-2-1-3-6-13/h1-3,5-6,8-9,11-12H,4,7,10H2. The highest BCUT2D eigenvalue weighted by molar-refractivity contribution is 5.73. The smallest absolute Gasteiger partial charge is 0.213 e. The number of ether oxygens (including phenoxy) is 1. The van der Waals surface area contributed by atoms with Gasteiger partial charge in [-0.15, -0.1) is 0 Å². The van der Waals surface area contributed by atoms with E-state index in [1.807, 2.05) is 18.2 Å². The number of carbonyl (C=O) groups excluding carboxylic acids is 1. The Morgan fingerprint density at radius 3 is 2.61 bits per heavy atom. The number of pyridine rings is 1. The molecule has 2 rings (SSSR count). The molecule has 0 spiro atoms. The first-order valence-corrected chi connectivity index (χ1v) is 5.96. The lowest BCUT2D eigenvalue weighted by molar-refractivity contribution is 0.112. The number of nitrogens with zero attached hydrogens (tertiary/aromatic N) is 1. The van der Waals surface area contributed by atoms with Crippen LogP contribution in [0.2, 0.25) is 0 Å². The second-order valence-corrected chi connectivity index (χ2v) is 3.99. The van der Waals surface area contributed by atoms with E-state index in [0.717, 1.165) is 19.1 Å². The van der Waals surface area contributed by atoms with Crippen LogP contribution in [-0.2, 0) is 6.42 Å². The summed E-state index contributed by atoms with van der Waals surface area (Å²) in [5.41, 5.74) is 1.87. The van der Waals surface area contributed by atoms with Gasteiger partial charge in [-0.1, -0.05) is 30.3 Å². The summed E-state index contributed by atoms with van der Waals surface area (Å²) in [5, 5.41) is 0. The van der Waals surface area contributed by atoms with Crippen molar-refractivity contribution in [3.8, 4) is 5.88 Å². The fourth-order valence-electron chi connectivity index (χ4n) is 1.64. The van der Waals surface area contributed by atoms with E-state index in [1.54, 1.807) is 12.1 Å². The van der Waals surface area contributed by atoms with E-state index in [9.17, 15) is 4.79 Å². The normalized spacial score (nSPS) is 10.0. The monoisotopic (exact) mass is 241 g/mol. The summed E-state index contributed by atoms with van der Waals surface area (Å²) >= 11 is 0. The van der Waals surface area contributed by atoms with Gasteiger partial charge in [-0.25, -0.2) is 4.98 Å². The van der Waals surface area contributed by atoms with E-state index in [4.69, 9.17) is 4.74 Å². The highest BCUT2D eigenvalue weighted by Crippen LogP contribution is 2.08. The summed E-state index contributed by atoms with van der Waals surface area (Å²) in [7, 11) is 0. The zero-order valence-corrected chi connectivity index (χ0v) is 10.1. The number of hydrogen-bond acceptors (Lipinski definition) is 3. The maximum atomic E-state index is 10.5. The van der Waals surface area contributed by atoms with Gasteiger partial charge in [0.25, 0.3) is 0 Å². The van der Waals surface area contributed by atoms with Gasteiger partial charge < -0.3 is 4.74 Å². The molecular weight excluding hydrogens is 226 g/mol. The molecule has 0 amide bonds. The Kier molecular flexibility index (Phi) is 4.47. The van der Waals surface area contributed by atoms with Gasteiger partial charge in [-0.2, -0.15) is 0 Å². The SMILES string of the molecule is O=Cc1ccc(OCCCc2ccccc2)nc1. The van der Waals surface area contributed by atoms with Crippen LogP contribution in [0.5, 0.6) is 5.88 Å². The van der Waals surface area contributed by atoms with Crippen molar-refractivity contribution < 1.29 is 9.53 Å². The molecule has 18 heavy (non-hydrogen) atoms. The number of aldehydes is 1. The first-order chi connectivity index (χ1) is 8.88. The van der Waals surface area contributed by atoms with Crippen molar-refractivity contribution >= 4 is 6.29 Å². The van der Waals surface area contributed by atoms with Crippen LogP contribution in [0.3, 0.4) is 0 Å². The highest BCUT2D eigenvalue weighted by atomic mass is 16.5. The summed E-state index contributed by atoms with van der Waals surface area (Å²) in [4.78, 5) is 14.5. The van der Waals surface area contributed by atoms with Crippen LogP contribution in [0, 0.1) is 0 Å². The summed E-state index contributed by atoms with van der Waals surface area (Å²) in [6.07, 6.45) is 4.22. The molecule has 0 fully saturated rings. The molecular formula is C15H15NO2. The second kappa shape index (κ2) is 6.55. The summed E-state index contributed by atoms with van der Waals surface area (Å²) in [6, 6.07) is 13.7. The number of aromatic nitrogens is 1. The Balaban J connectivity index is 1.73. The molecule has 3 heteroatoms. The van der Waals surface area contributed by atoms with Gasteiger partial charge in [0, 0.05) is 17.8 Å². The second-order valence-electron chi connectivity index (χ2n) is 3.99. The number of hydrogen-bond donors (Lipinski definition) is 0. The minimum absolute atomic E-state index is 0.562. The molecule has 1 heterocycles. The van der Waals surface area contributed by atoms with Gasteiger partial charge in [0.15, 0.2) is 6.29 Å². The Labute approximate surface area is 106 Å². The lowest BCUT2D eigenvalue weighted by atomic mass is 10.1. The van der Waals surface area contributed by atoms with Gasteiger partial charge in [0.2, 0.25) is 5.88 Å². The number of rotatable bonds is 6. The molecule has 0 unspecified atom stereocenters. The van der Waals surface area contributed by atoms with E-state index in [0.29, 0.717) is 18.1 Å². The number of carbonyl (C=O) groups is 1. The first-order valence-electron chi connectivity index (χ1n) is 5.96. The Hall–Kier alpha value is -2.16. The van der Waals surface area contributed by atoms with Crippen molar-refractivity contribution in [3.05, 3.63) is 59.8 Å². The molecule has 0 aliphatic carbocycles. The molecule has 2 aromatic rings. The quantitative estimate of drug-likeness (QED) is 0.576. The Bertz CT molecular complexity index is 480. The molecule has 3 nitrogen and oxygen atoms in total. The third-order valence-corrected chi connectivity index (χ3v) is 2.60. The fourth-order valence-corrected chi connectivity index (χ4v) is 1.64. The highest BCUT2D eigenvalue weighted by Gasteiger charge is 1.97. The zero-order chi connectivity index (χ0) is 12.6. The third kappa shape index (κ3) is 3.70. The minimum atomic E-state index is 0.562. The molecule has 0 saturated heterocycles. The van der Waals surface area contributed by atoms with Gasteiger partial charge >= 0.3 is 0 Å². The van der Waals surface area contributed by atoms with Gasteiger partial charge in [-0.05, 0) is 24.5 Å². The molecule has 0 bridgehead atoms. The maximum Gasteiger partial charge on any atom is 0.213 e. The third-order valence-electron chi connectivity index (χ3n) is 2.60. The van der Waals surface area contributed by atoms with Crippen LogP contribution in [0.15, 0.2) is 48.7 Å². The van der Waals surface area contributed by atoms with Crippen molar-refractivity contribution in [2.24, 2.45) is 0 Å². The van der Waals surface area contributed by atoms with Crippen LogP contribution in [0.25, 0.3) is 0 Å². The first kappa shape index (κ1) is 12.3. The van der Waals surface area contributed by atoms with Crippen LogP contribution >= 0.6 is 0 Å². The molecule has 0 aliphatic heterocycles. The van der Waals surface area contributed by atoms with E-state index >= 15 is 0 Å². The molecule has 0 saturated carbocycles. The summed E-state index contributed by atoms with van der Waals surface area (Å²) in [5.74, 6) is 0.564. The van der Waals surface area contributed by atoms with Gasteiger partial charge in [-0.3, -0.25) is 4.79 Å². The summed E-state index contributed by atoms with van der Waals surface area (Å²) in [6.45, 7) is 0.627. The predicted octanol–water partition coefficient (Wildman–Crippen LogP) is 2.91. The zero-order valence-electron chi connectivity index (χ0n) is 10.1. The van der Waals surface area contributed by atoms with Crippen molar-refractivity contribution in [3.63, 3.8) is 0 Å². The van der Waals surface area contributed by atoms with E-state index in [-0.39, 0.29) is 0 Å². The average molecular weight is 241 g/mol. The molecule has 92 valence electrons. The van der Waals surface area contributed by atoms with Crippen LogP contribution in [-0.4, -0.2) is 17.9 Å². The maximum absolute atomic E-state index is 10.5. The van der Waals surface area contributed by atoms with Crippen molar-refractivity contribution in [2.75, 3.05) is 6.61 Å². The van der Waals surface area contributed by atoms with Crippen LogP contribution < -0.4 is 4.74 Å². The fraction of sp³-hybridized carbons (Fsp3) is 0.200. The van der Waals surface area contributed by atoms with Crippen molar-refractivity contribution in [1.29, 1.82) is 0 Å². The Morgan fingerprint density at radius 1 is 1.11 bits per heavy atom. The topological polar surface area (TPSA) is 39.2 Å². The molecule has 0 radical (unpaired) electrons. The molecule has 1 aromatic carbocycles. The van der Waals surface area contributed by atoms with Crippen molar-refractivity contribution in [2.45, 2.75) is 12.8 Å². The number of aryl methyl sites for hydroxylation is 1. The molecule has 1 aromatic heterocycles. The van der Waals surface area contributed by atoms with Gasteiger partial charge in [0.05, 0.1) is 6.61 Å². The van der Waals surface area contributed by atoms with Crippen LogP contribution in [0.1, 0.15) is 22.3 Å². The van der Waals surface area contributed by atoms with Crippen molar-refractivity contribution in [1.82, 2.24) is 4.98 Å². The molecule has 0 atom stereocenters. The lowest BCUT2D eigenvalue weighted by Crippen LogP contribution is -2.01. The van der Waals surface area contributed by atoms with E-state index in [1.165, 1.54) is 11.8 Å². The largest absolute Gasteiger partial charge is 0.478 e. The predicted molar refractivity (Wildman–Crippen MR) is 69.9 cm³/mol. The minimum Gasteiger partial charge on any atom is -0.478 e. The Morgan fingerprint density at radius 2 is 1.94 bits per heavy atom.